The molecule has 1 aromatic heterocycles. The average molecular weight is 279 g/mol. The highest BCUT2D eigenvalue weighted by molar-refractivity contribution is 5.75. The van der Waals surface area contributed by atoms with E-state index in [-0.39, 0.29) is 0 Å². The Hall–Kier alpha value is -1.36. The van der Waals surface area contributed by atoms with Gasteiger partial charge in [-0.15, -0.1) is 0 Å². The zero-order valence-corrected chi connectivity index (χ0v) is 12.7. The molecule has 20 heavy (non-hydrogen) atoms. The van der Waals surface area contributed by atoms with Crippen molar-refractivity contribution in [1.29, 1.82) is 0 Å². The van der Waals surface area contributed by atoms with Gasteiger partial charge in [0.05, 0.1) is 11.6 Å². The average Bonchev–Trinajstić information content (AvgIpc) is 2.97. The third-order valence-corrected chi connectivity index (χ3v) is 4.21. The quantitative estimate of drug-likeness (QED) is 0.867. The Bertz CT molecular complexity index is 469. The van der Waals surface area contributed by atoms with Crippen LogP contribution in [0, 0.1) is 11.3 Å². The monoisotopic (exact) mass is 279 g/mol. The number of nitrogens with zero attached hydrogens (tertiary/aromatic N) is 3. The molecular weight excluding hydrogens is 254 g/mol. The summed E-state index contributed by atoms with van der Waals surface area (Å²) in [6, 6.07) is 0. The molecular formula is C15H25N3O2. The molecule has 0 radical (unpaired) electrons. The van der Waals surface area contributed by atoms with Crippen LogP contribution in [0.25, 0.3) is 0 Å². The zero-order chi connectivity index (χ0) is 14.8. The molecule has 1 N–H and O–H groups in total. The maximum Gasteiger partial charge on any atom is 0.310 e. The number of carbonyl (C=O) groups is 1. The van der Waals surface area contributed by atoms with Gasteiger partial charge in [-0.05, 0) is 25.3 Å². The van der Waals surface area contributed by atoms with E-state index in [9.17, 15) is 9.90 Å². The third kappa shape index (κ3) is 3.20. The molecule has 1 aliphatic heterocycles. The van der Waals surface area contributed by atoms with Crippen molar-refractivity contribution < 1.29 is 9.90 Å². The minimum Gasteiger partial charge on any atom is -0.481 e. The minimum absolute atomic E-state index is 0.548. The molecule has 1 unspecified atom stereocenters. The van der Waals surface area contributed by atoms with Crippen molar-refractivity contribution in [2.24, 2.45) is 11.3 Å². The molecule has 1 aromatic rings. The molecule has 1 aliphatic rings. The number of carboxylic acid groups (broad SMARTS) is 1. The number of likely N-dealkylation sites (tertiary alicyclic amines) is 1. The van der Waals surface area contributed by atoms with Crippen LogP contribution in [-0.2, 0) is 17.9 Å². The summed E-state index contributed by atoms with van der Waals surface area (Å²) in [5.41, 5.74) is 0.622. The SMILES string of the molecule is CCC1(C(=O)O)CCN(Cc2cnn(CC(C)C)c2)C1. The predicted octanol–water partition coefficient (Wildman–Crippen LogP) is 2.23. The highest BCUT2D eigenvalue weighted by Crippen LogP contribution is 2.34. The lowest BCUT2D eigenvalue weighted by Gasteiger charge is -2.22. The van der Waals surface area contributed by atoms with Crippen molar-refractivity contribution in [1.82, 2.24) is 14.7 Å². The molecule has 5 nitrogen and oxygen atoms in total. The van der Waals surface area contributed by atoms with Gasteiger partial charge in [0.2, 0.25) is 0 Å². The first-order valence-electron chi connectivity index (χ1n) is 7.42. The fourth-order valence-corrected chi connectivity index (χ4v) is 2.93. The molecule has 0 aromatic carbocycles. The van der Waals surface area contributed by atoms with Crippen LogP contribution in [-0.4, -0.2) is 38.8 Å². The maximum atomic E-state index is 11.4. The summed E-state index contributed by atoms with van der Waals surface area (Å²) in [5.74, 6) is -0.0766. The first-order chi connectivity index (χ1) is 9.45. The van der Waals surface area contributed by atoms with Crippen molar-refractivity contribution in [3.05, 3.63) is 18.0 Å². The normalized spacial score (nSPS) is 23.6. The first-order valence-corrected chi connectivity index (χ1v) is 7.42. The summed E-state index contributed by atoms with van der Waals surface area (Å²) in [6.07, 6.45) is 5.42. The largest absolute Gasteiger partial charge is 0.481 e. The predicted molar refractivity (Wildman–Crippen MR) is 77.3 cm³/mol. The van der Waals surface area contributed by atoms with E-state index in [2.05, 4.69) is 30.0 Å². The minimum atomic E-state index is -0.655. The summed E-state index contributed by atoms with van der Waals surface area (Å²) in [5, 5.41) is 13.8. The summed E-state index contributed by atoms with van der Waals surface area (Å²) < 4.78 is 1.97. The van der Waals surface area contributed by atoms with Crippen molar-refractivity contribution >= 4 is 5.97 Å². The molecule has 2 heterocycles. The fraction of sp³-hybridized carbons (Fsp3) is 0.733. The van der Waals surface area contributed by atoms with Crippen molar-refractivity contribution in [2.75, 3.05) is 13.1 Å². The van der Waals surface area contributed by atoms with Gasteiger partial charge in [-0.3, -0.25) is 14.4 Å². The van der Waals surface area contributed by atoms with Gasteiger partial charge in [0.15, 0.2) is 0 Å². The van der Waals surface area contributed by atoms with Crippen LogP contribution in [0.5, 0.6) is 0 Å². The van der Waals surface area contributed by atoms with Gasteiger partial charge < -0.3 is 5.11 Å². The Kier molecular flexibility index (Phi) is 4.48. The number of aromatic nitrogens is 2. The fourth-order valence-electron chi connectivity index (χ4n) is 2.93. The van der Waals surface area contributed by atoms with Gasteiger partial charge in [0.1, 0.15) is 0 Å². The van der Waals surface area contributed by atoms with Crippen LogP contribution in [0.4, 0.5) is 0 Å². The van der Waals surface area contributed by atoms with E-state index in [0.717, 1.165) is 26.1 Å². The van der Waals surface area contributed by atoms with Crippen LogP contribution in [0.15, 0.2) is 12.4 Å². The topological polar surface area (TPSA) is 58.4 Å². The molecule has 0 saturated carbocycles. The summed E-state index contributed by atoms with van der Waals surface area (Å²) in [6.45, 7) is 9.54. The van der Waals surface area contributed by atoms with Gasteiger partial charge in [0, 0.05) is 31.4 Å². The molecule has 1 fully saturated rings. The first kappa shape index (κ1) is 15.0. The Morgan fingerprint density at radius 2 is 2.30 bits per heavy atom. The molecule has 0 aliphatic carbocycles. The van der Waals surface area contributed by atoms with Crippen molar-refractivity contribution in [2.45, 2.75) is 46.7 Å². The van der Waals surface area contributed by atoms with Crippen LogP contribution in [0.3, 0.4) is 0 Å². The van der Waals surface area contributed by atoms with E-state index in [1.54, 1.807) is 0 Å². The van der Waals surface area contributed by atoms with Gasteiger partial charge in [0.25, 0.3) is 0 Å². The van der Waals surface area contributed by atoms with E-state index < -0.39 is 11.4 Å². The number of hydrogen-bond acceptors (Lipinski definition) is 3. The molecule has 2 rings (SSSR count). The molecule has 1 atom stereocenters. The summed E-state index contributed by atoms with van der Waals surface area (Å²) in [4.78, 5) is 13.7. The van der Waals surface area contributed by atoms with Crippen LogP contribution < -0.4 is 0 Å². The lowest BCUT2D eigenvalue weighted by Crippen LogP contribution is -2.33. The van der Waals surface area contributed by atoms with Crippen molar-refractivity contribution in [3.63, 3.8) is 0 Å². The van der Waals surface area contributed by atoms with Gasteiger partial charge in [-0.1, -0.05) is 20.8 Å². The van der Waals surface area contributed by atoms with Gasteiger partial charge in [-0.25, -0.2) is 0 Å². The van der Waals surface area contributed by atoms with E-state index in [1.165, 1.54) is 5.56 Å². The molecule has 0 amide bonds. The number of carboxylic acids is 1. The molecule has 1 saturated heterocycles. The standard InChI is InChI=1S/C15H25N3O2/c1-4-15(14(19)20)5-6-17(11-15)9-13-7-16-18(10-13)8-12(2)3/h7,10,12H,4-6,8-9,11H2,1-3H3,(H,19,20). The lowest BCUT2D eigenvalue weighted by atomic mass is 9.84. The Morgan fingerprint density at radius 3 is 2.85 bits per heavy atom. The summed E-state index contributed by atoms with van der Waals surface area (Å²) in [7, 11) is 0. The van der Waals surface area contributed by atoms with Gasteiger partial charge in [-0.2, -0.15) is 5.10 Å². The van der Waals surface area contributed by atoms with Crippen LogP contribution >= 0.6 is 0 Å². The van der Waals surface area contributed by atoms with Crippen molar-refractivity contribution in [3.8, 4) is 0 Å². The van der Waals surface area contributed by atoms with Gasteiger partial charge >= 0.3 is 5.97 Å². The van der Waals surface area contributed by atoms with Crippen LogP contribution in [0.1, 0.15) is 39.2 Å². The molecule has 0 spiro atoms. The highest BCUT2D eigenvalue weighted by Gasteiger charge is 2.43. The van der Waals surface area contributed by atoms with E-state index in [0.29, 0.717) is 18.9 Å². The third-order valence-electron chi connectivity index (χ3n) is 4.21. The number of aliphatic carboxylic acids is 1. The number of rotatable bonds is 6. The Morgan fingerprint density at radius 1 is 1.55 bits per heavy atom. The summed E-state index contributed by atoms with van der Waals surface area (Å²) >= 11 is 0. The van der Waals surface area contributed by atoms with E-state index in [1.807, 2.05) is 17.8 Å². The smallest absolute Gasteiger partial charge is 0.310 e. The second-order valence-corrected chi connectivity index (χ2v) is 6.36. The molecule has 5 heteroatoms. The highest BCUT2D eigenvalue weighted by atomic mass is 16.4. The molecule has 112 valence electrons. The Balaban J connectivity index is 1.95. The second kappa shape index (κ2) is 5.95. The van der Waals surface area contributed by atoms with E-state index >= 15 is 0 Å². The molecule has 0 bridgehead atoms. The zero-order valence-electron chi connectivity index (χ0n) is 12.7. The lowest BCUT2D eigenvalue weighted by molar-refractivity contribution is -0.148. The number of hydrogen-bond donors (Lipinski definition) is 1. The second-order valence-electron chi connectivity index (χ2n) is 6.36. The maximum absolute atomic E-state index is 11.4. The van der Waals surface area contributed by atoms with E-state index in [4.69, 9.17) is 0 Å². The Labute approximate surface area is 120 Å². The van der Waals surface area contributed by atoms with Crippen LogP contribution in [0.2, 0.25) is 0 Å².